The topological polar surface area (TPSA) is 12.0 Å². The number of benzene rings is 1. The molecule has 114 valence electrons. The Morgan fingerprint density at radius 1 is 1.10 bits per heavy atom. The van der Waals surface area contributed by atoms with Crippen molar-refractivity contribution in [3.63, 3.8) is 0 Å². The van der Waals surface area contributed by atoms with Gasteiger partial charge in [0.1, 0.15) is 5.82 Å². The quantitative estimate of drug-likeness (QED) is 0.876. The molecule has 0 saturated heterocycles. The summed E-state index contributed by atoms with van der Waals surface area (Å²) in [7, 11) is 0. The van der Waals surface area contributed by atoms with E-state index in [1.54, 1.807) is 12.1 Å². The van der Waals surface area contributed by atoms with Crippen molar-refractivity contribution >= 4 is 0 Å². The molecule has 2 heteroatoms. The van der Waals surface area contributed by atoms with E-state index in [9.17, 15) is 4.39 Å². The van der Waals surface area contributed by atoms with Gasteiger partial charge in [0.25, 0.3) is 0 Å². The third kappa shape index (κ3) is 2.52. The van der Waals surface area contributed by atoms with E-state index in [2.05, 4.69) is 12.2 Å². The maximum absolute atomic E-state index is 13.0. The summed E-state index contributed by atoms with van der Waals surface area (Å²) >= 11 is 0. The van der Waals surface area contributed by atoms with Gasteiger partial charge in [-0.15, -0.1) is 0 Å². The Morgan fingerprint density at radius 2 is 1.86 bits per heavy atom. The SMILES string of the molecule is CC(Cc1ccc(F)cc1)NC1CC2CC1C1CCCC21. The molecule has 3 fully saturated rings. The minimum absolute atomic E-state index is 0.139. The molecule has 1 N–H and O–H groups in total. The smallest absolute Gasteiger partial charge is 0.123 e. The van der Waals surface area contributed by atoms with Crippen LogP contribution in [0.2, 0.25) is 0 Å². The van der Waals surface area contributed by atoms with Crippen LogP contribution in [-0.4, -0.2) is 12.1 Å². The first-order valence-electron chi connectivity index (χ1n) is 8.71. The highest BCUT2D eigenvalue weighted by Gasteiger charge is 2.53. The Bertz CT molecular complexity index is 497. The Kier molecular flexibility index (Phi) is 3.53. The molecular weight excluding hydrogens is 261 g/mol. The third-order valence-electron chi connectivity index (χ3n) is 6.38. The van der Waals surface area contributed by atoms with E-state index >= 15 is 0 Å². The van der Waals surface area contributed by atoms with Crippen LogP contribution in [0.15, 0.2) is 24.3 Å². The fourth-order valence-corrected chi connectivity index (χ4v) is 5.66. The summed E-state index contributed by atoms with van der Waals surface area (Å²) in [4.78, 5) is 0. The monoisotopic (exact) mass is 287 g/mol. The van der Waals surface area contributed by atoms with Crippen molar-refractivity contribution in [3.05, 3.63) is 35.6 Å². The van der Waals surface area contributed by atoms with Gasteiger partial charge in [-0.3, -0.25) is 0 Å². The molecule has 2 bridgehead atoms. The van der Waals surface area contributed by atoms with Crippen LogP contribution < -0.4 is 5.32 Å². The fourth-order valence-electron chi connectivity index (χ4n) is 5.66. The second kappa shape index (κ2) is 5.39. The molecule has 6 atom stereocenters. The normalized spacial score (nSPS) is 38.7. The number of hydrogen-bond donors (Lipinski definition) is 1. The van der Waals surface area contributed by atoms with Crippen molar-refractivity contribution in [1.29, 1.82) is 0 Å². The maximum Gasteiger partial charge on any atom is 0.123 e. The van der Waals surface area contributed by atoms with Gasteiger partial charge in [0, 0.05) is 12.1 Å². The summed E-state index contributed by atoms with van der Waals surface area (Å²) in [5, 5.41) is 3.89. The highest BCUT2D eigenvalue weighted by Crippen LogP contribution is 2.58. The second-order valence-corrected chi connectivity index (χ2v) is 7.66. The summed E-state index contributed by atoms with van der Waals surface area (Å²) < 4.78 is 13.0. The standard InChI is InChI=1S/C19H26FN/c1-12(9-13-5-7-15(20)8-6-13)21-19-11-14-10-18(19)17-4-2-3-16(14)17/h5-8,12,14,16-19,21H,2-4,9-11H2,1H3. The van der Waals surface area contributed by atoms with Crippen LogP contribution in [0.1, 0.15) is 44.6 Å². The lowest BCUT2D eigenvalue weighted by molar-refractivity contribution is 0.199. The van der Waals surface area contributed by atoms with Gasteiger partial charge >= 0.3 is 0 Å². The van der Waals surface area contributed by atoms with Crippen LogP contribution >= 0.6 is 0 Å². The summed E-state index contributed by atoms with van der Waals surface area (Å²) in [6.07, 6.45) is 8.35. The zero-order valence-corrected chi connectivity index (χ0v) is 12.9. The molecule has 3 saturated carbocycles. The number of hydrogen-bond acceptors (Lipinski definition) is 1. The molecule has 21 heavy (non-hydrogen) atoms. The number of nitrogens with one attached hydrogen (secondary N) is 1. The minimum Gasteiger partial charge on any atom is -0.311 e. The molecule has 4 rings (SSSR count). The first-order valence-corrected chi connectivity index (χ1v) is 8.71. The average Bonchev–Trinajstić information content (AvgIpc) is 3.13. The molecule has 0 heterocycles. The van der Waals surface area contributed by atoms with Crippen molar-refractivity contribution in [1.82, 2.24) is 5.32 Å². The highest BCUT2D eigenvalue weighted by atomic mass is 19.1. The minimum atomic E-state index is -0.139. The summed E-state index contributed by atoms with van der Waals surface area (Å²) in [6.45, 7) is 2.28. The first kappa shape index (κ1) is 13.8. The molecule has 0 radical (unpaired) electrons. The molecule has 0 amide bonds. The van der Waals surface area contributed by atoms with Gasteiger partial charge in [0.15, 0.2) is 0 Å². The molecule has 1 aromatic rings. The Labute approximate surface area is 127 Å². The predicted molar refractivity (Wildman–Crippen MR) is 83.5 cm³/mol. The third-order valence-corrected chi connectivity index (χ3v) is 6.38. The molecule has 3 aliphatic carbocycles. The van der Waals surface area contributed by atoms with Crippen molar-refractivity contribution < 1.29 is 4.39 Å². The van der Waals surface area contributed by atoms with Crippen molar-refractivity contribution in [2.24, 2.45) is 23.7 Å². The summed E-state index contributed by atoms with van der Waals surface area (Å²) in [5.74, 6) is 3.91. The van der Waals surface area contributed by atoms with Gasteiger partial charge < -0.3 is 5.32 Å². The molecule has 3 aliphatic rings. The summed E-state index contributed by atoms with van der Waals surface area (Å²) in [5.41, 5.74) is 1.23. The number of halogens is 1. The van der Waals surface area contributed by atoms with Crippen LogP contribution in [0.4, 0.5) is 4.39 Å². The Balaban J connectivity index is 1.35. The zero-order chi connectivity index (χ0) is 14.4. The zero-order valence-electron chi connectivity index (χ0n) is 12.9. The number of fused-ring (bicyclic) bond motifs is 5. The van der Waals surface area contributed by atoms with Crippen molar-refractivity contribution in [3.8, 4) is 0 Å². The van der Waals surface area contributed by atoms with Crippen molar-refractivity contribution in [2.75, 3.05) is 0 Å². The van der Waals surface area contributed by atoms with E-state index < -0.39 is 0 Å². The fraction of sp³-hybridized carbons (Fsp3) is 0.684. The lowest BCUT2D eigenvalue weighted by Crippen LogP contribution is -2.44. The van der Waals surface area contributed by atoms with Gasteiger partial charge in [-0.1, -0.05) is 18.6 Å². The van der Waals surface area contributed by atoms with Crippen LogP contribution in [0.25, 0.3) is 0 Å². The highest BCUT2D eigenvalue weighted by molar-refractivity contribution is 5.17. The molecular formula is C19H26FN. The molecule has 6 unspecified atom stereocenters. The molecule has 1 nitrogen and oxygen atoms in total. The van der Waals surface area contributed by atoms with E-state index in [4.69, 9.17) is 0 Å². The molecule has 1 aromatic carbocycles. The maximum atomic E-state index is 13.0. The molecule has 0 aromatic heterocycles. The lowest BCUT2D eigenvalue weighted by atomic mass is 9.79. The Morgan fingerprint density at radius 3 is 2.67 bits per heavy atom. The second-order valence-electron chi connectivity index (χ2n) is 7.66. The van der Waals surface area contributed by atoms with Gasteiger partial charge in [-0.2, -0.15) is 0 Å². The van der Waals surface area contributed by atoms with Gasteiger partial charge in [-0.25, -0.2) is 4.39 Å². The van der Waals surface area contributed by atoms with Crippen LogP contribution in [0.3, 0.4) is 0 Å². The average molecular weight is 287 g/mol. The van der Waals surface area contributed by atoms with Crippen LogP contribution in [0, 0.1) is 29.5 Å². The number of rotatable bonds is 4. The van der Waals surface area contributed by atoms with Gasteiger partial charge in [-0.05, 0) is 80.4 Å². The van der Waals surface area contributed by atoms with E-state index in [1.165, 1.54) is 37.7 Å². The molecule has 0 spiro atoms. The van der Waals surface area contributed by atoms with E-state index in [-0.39, 0.29) is 5.82 Å². The van der Waals surface area contributed by atoms with E-state index in [0.717, 1.165) is 36.1 Å². The van der Waals surface area contributed by atoms with E-state index in [0.29, 0.717) is 6.04 Å². The lowest BCUT2D eigenvalue weighted by Gasteiger charge is -2.34. The summed E-state index contributed by atoms with van der Waals surface area (Å²) in [6, 6.07) is 8.21. The van der Waals surface area contributed by atoms with Gasteiger partial charge in [0.2, 0.25) is 0 Å². The van der Waals surface area contributed by atoms with Crippen LogP contribution in [0.5, 0.6) is 0 Å². The van der Waals surface area contributed by atoms with Crippen molar-refractivity contribution in [2.45, 2.75) is 57.5 Å². The first-order chi connectivity index (χ1) is 10.2. The molecule has 0 aliphatic heterocycles. The largest absolute Gasteiger partial charge is 0.311 e. The van der Waals surface area contributed by atoms with Gasteiger partial charge in [0.05, 0.1) is 0 Å². The Hall–Kier alpha value is -0.890. The van der Waals surface area contributed by atoms with E-state index in [1.807, 2.05) is 12.1 Å². The van der Waals surface area contributed by atoms with Crippen LogP contribution in [-0.2, 0) is 6.42 Å². The predicted octanol–water partition coefficient (Wildman–Crippen LogP) is 4.17.